The highest BCUT2D eigenvalue weighted by atomic mass is 35.5. The van der Waals surface area contributed by atoms with Gasteiger partial charge in [-0.15, -0.1) is 0 Å². The molecule has 3 aromatic rings. The van der Waals surface area contributed by atoms with Crippen molar-refractivity contribution in [1.82, 2.24) is 19.6 Å². The van der Waals surface area contributed by atoms with Crippen LogP contribution in [0.3, 0.4) is 0 Å². The van der Waals surface area contributed by atoms with Gasteiger partial charge in [0.05, 0.1) is 28.2 Å². The van der Waals surface area contributed by atoms with E-state index in [4.69, 9.17) is 23.2 Å². The van der Waals surface area contributed by atoms with Crippen LogP contribution in [-0.4, -0.2) is 38.0 Å². The van der Waals surface area contributed by atoms with Crippen molar-refractivity contribution in [2.45, 2.75) is 35.5 Å². The highest BCUT2D eigenvalue weighted by molar-refractivity contribution is 8.00. The molecule has 1 atom stereocenters. The minimum absolute atomic E-state index is 0.00994. The van der Waals surface area contributed by atoms with E-state index in [9.17, 15) is 30.9 Å². The lowest BCUT2D eigenvalue weighted by molar-refractivity contribution is -0.0328. The first-order valence-corrected chi connectivity index (χ1v) is 15.6. The van der Waals surface area contributed by atoms with Gasteiger partial charge in [-0.1, -0.05) is 54.4 Å². The summed E-state index contributed by atoms with van der Waals surface area (Å²) in [5.74, 6) is 0. The van der Waals surface area contributed by atoms with E-state index in [2.05, 4.69) is 10.2 Å². The number of thioether (sulfide) groups is 1. The van der Waals surface area contributed by atoms with Gasteiger partial charge in [0.15, 0.2) is 5.69 Å². The molecule has 0 amide bonds. The van der Waals surface area contributed by atoms with Gasteiger partial charge in [-0.05, 0) is 77.8 Å². The molecule has 224 valence electrons. The molecular weight excluding hydrogens is 648 g/mol. The first-order valence-electron chi connectivity index (χ1n) is 12.6. The number of alkyl halides is 3. The predicted octanol–water partition coefficient (Wildman–Crippen LogP) is 7.16. The van der Waals surface area contributed by atoms with Crippen LogP contribution < -0.4 is 5.56 Å². The van der Waals surface area contributed by atoms with Crippen molar-refractivity contribution < 1.29 is 26.1 Å². The Bertz CT molecular complexity index is 1930. The molecular formula is C28H20Cl2F3N4O4S2-. The summed E-state index contributed by atoms with van der Waals surface area (Å²) in [5.41, 5.74) is -2.45. The average Bonchev–Trinajstić information content (AvgIpc) is 3.22. The molecule has 0 aliphatic carbocycles. The summed E-state index contributed by atoms with van der Waals surface area (Å²) >= 11 is 12.4. The van der Waals surface area contributed by atoms with Crippen molar-refractivity contribution >= 4 is 45.1 Å². The molecule has 2 aliphatic rings. The minimum Gasteiger partial charge on any atom is -0.747 e. The van der Waals surface area contributed by atoms with Crippen LogP contribution in [0.4, 0.5) is 13.2 Å². The number of halogens is 5. The molecule has 15 heteroatoms. The van der Waals surface area contributed by atoms with E-state index in [-0.39, 0.29) is 41.0 Å². The van der Waals surface area contributed by atoms with Crippen LogP contribution >= 0.6 is 35.0 Å². The molecule has 2 aliphatic heterocycles. The second-order valence-electron chi connectivity index (χ2n) is 9.44. The summed E-state index contributed by atoms with van der Waals surface area (Å²) in [5, 5.41) is 8.44. The normalized spacial score (nSPS) is 13.0. The molecule has 2 heterocycles. The van der Waals surface area contributed by atoms with Gasteiger partial charge in [-0.3, -0.25) is 4.79 Å². The van der Waals surface area contributed by atoms with Crippen LogP contribution in [-0.2, 0) is 16.7 Å². The fraction of sp³-hybridized carbons (Fsp3) is 0.179. The van der Waals surface area contributed by atoms with Crippen molar-refractivity contribution in [3.63, 3.8) is 0 Å². The van der Waals surface area contributed by atoms with Gasteiger partial charge in [0, 0.05) is 15.5 Å². The largest absolute Gasteiger partial charge is 0.747 e. The van der Waals surface area contributed by atoms with Gasteiger partial charge in [-0.2, -0.15) is 23.4 Å². The Labute approximate surface area is 258 Å². The van der Waals surface area contributed by atoms with E-state index in [0.717, 1.165) is 4.68 Å². The SMILES string of the molecule is CCC(c1ccc(-n2nc3c(=O)n(Cc4ccc(SC(F)(F)F)cc4)nc-3cc2-c2ccc(Cl)cc2Cl)cc1)S(=O)(=O)[O-]. The molecule has 5 rings (SSSR count). The lowest BCUT2D eigenvalue weighted by Crippen LogP contribution is -2.19. The maximum atomic E-state index is 13.3. The lowest BCUT2D eigenvalue weighted by atomic mass is 10.1. The van der Waals surface area contributed by atoms with Crippen LogP contribution in [0, 0.1) is 0 Å². The zero-order valence-electron chi connectivity index (χ0n) is 22.0. The van der Waals surface area contributed by atoms with Crippen molar-refractivity contribution in [1.29, 1.82) is 0 Å². The first-order chi connectivity index (χ1) is 20.2. The number of rotatable bonds is 8. The molecule has 0 fully saturated rings. The Morgan fingerprint density at radius 3 is 2.23 bits per heavy atom. The molecule has 1 unspecified atom stereocenters. The monoisotopic (exact) mass is 667 g/mol. The van der Waals surface area contributed by atoms with Crippen LogP contribution in [0.15, 0.2) is 82.5 Å². The van der Waals surface area contributed by atoms with E-state index in [0.29, 0.717) is 38.1 Å². The maximum Gasteiger partial charge on any atom is 0.446 e. The lowest BCUT2D eigenvalue weighted by Gasteiger charge is -2.20. The molecule has 0 radical (unpaired) electrons. The van der Waals surface area contributed by atoms with Crippen LogP contribution in [0.2, 0.25) is 10.0 Å². The second-order valence-corrected chi connectivity index (χ2v) is 13.0. The molecule has 3 aromatic carbocycles. The number of hydrogen-bond donors (Lipinski definition) is 0. The smallest absolute Gasteiger partial charge is 0.446 e. The maximum absolute atomic E-state index is 13.3. The summed E-state index contributed by atoms with van der Waals surface area (Å²) in [6, 6.07) is 18.2. The van der Waals surface area contributed by atoms with E-state index in [1.807, 2.05) is 0 Å². The number of hydrogen-bond acceptors (Lipinski definition) is 7. The molecule has 0 saturated heterocycles. The number of benzene rings is 3. The Kier molecular flexibility index (Phi) is 8.65. The third kappa shape index (κ3) is 6.91. The first kappa shape index (κ1) is 31.1. The van der Waals surface area contributed by atoms with E-state index in [1.165, 1.54) is 41.1 Å². The summed E-state index contributed by atoms with van der Waals surface area (Å²) in [7, 11) is -4.58. The molecule has 0 N–H and O–H groups in total. The van der Waals surface area contributed by atoms with Crippen molar-refractivity contribution in [2.75, 3.05) is 0 Å². The molecule has 0 saturated carbocycles. The number of fused-ring (bicyclic) bond motifs is 1. The second kappa shape index (κ2) is 12.0. The summed E-state index contributed by atoms with van der Waals surface area (Å²) < 4.78 is 75.8. The average molecular weight is 669 g/mol. The zero-order valence-corrected chi connectivity index (χ0v) is 25.2. The highest BCUT2D eigenvalue weighted by Gasteiger charge is 2.29. The molecule has 8 nitrogen and oxygen atoms in total. The van der Waals surface area contributed by atoms with Gasteiger partial charge in [0.25, 0.3) is 5.56 Å². The third-order valence-corrected chi connectivity index (χ3v) is 9.12. The van der Waals surface area contributed by atoms with Crippen molar-refractivity contribution in [2.24, 2.45) is 0 Å². The summed E-state index contributed by atoms with van der Waals surface area (Å²) in [6.07, 6.45) is 0.0940. The zero-order chi connectivity index (χ0) is 31.1. The van der Waals surface area contributed by atoms with Gasteiger partial charge in [0.2, 0.25) is 0 Å². The molecule has 0 spiro atoms. The summed E-state index contributed by atoms with van der Waals surface area (Å²) in [6.45, 7) is 1.59. The highest BCUT2D eigenvalue weighted by Crippen LogP contribution is 2.37. The topological polar surface area (TPSA) is 110 Å². The van der Waals surface area contributed by atoms with Gasteiger partial charge in [-0.25, -0.2) is 17.8 Å². The van der Waals surface area contributed by atoms with Gasteiger partial charge < -0.3 is 4.55 Å². The standard InChI is InChI=1S/C28H21Cl2F3N4O4S2/c1-2-25(43(39,40)41)17-5-8-19(9-6-17)37-24(21-12-7-18(29)13-22(21)30)14-23-26(35-37)27(38)36(34-23)15-16-3-10-20(11-4-16)42-28(31,32)33/h3-14,25H,2,15H2,1H3,(H,39,40,41)/p-1. The van der Waals surface area contributed by atoms with Crippen LogP contribution in [0.1, 0.15) is 29.7 Å². The van der Waals surface area contributed by atoms with Crippen LogP contribution in [0.25, 0.3) is 28.3 Å². The Morgan fingerprint density at radius 2 is 1.65 bits per heavy atom. The number of nitrogens with zero attached hydrogens (tertiary/aromatic N) is 4. The Morgan fingerprint density at radius 1 is 0.977 bits per heavy atom. The quantitative estimate of drug-likeness (QED) is 0.127. The van der Waals surface area contributed by atoms with Crippen molar-refractivity contribution in [3.05, 3.63) is 104 Å². The van der Waals surface area contributed by atoms with Gasteiger partial charge in [0.1, 0.15) is 15.8 Å². The van der Waals surface area contributed by atoms with E-state index < -0.39 is 26.4 Å². The van der Waals surface area contributed by atoms with Crippen LogP contribution in [0.5, 0.6) is 0 Å². The molecule has 0 bridgehead atoms. The fourth-order valence-corrected chi connectivity index (χ4v) is 6.53. The molecule has 43 heavy (non-hydrogen) atoms. The van der Waals surface area contributed by atoms with E-state index in [1.54, 1.807) is 43.3 Å². The summed E-state index contributed by atoms with van der Waals surface area (Å²) in [4.78, 5) is 13.4. The number of aromatic nitrogens is 4. The van der Waals surface area contributed by atoms with E-state index >= 15 is 0 Å². The third-order valence-electron chi connectivity index (χ3n) is 6.53. The Balaban J connectivity index is 1.60. The molecule has 0 aromatic heterocycles. The minimum atomic E-state index is -4.58. The predicted molar refractivity (Wildman–Crippen MR) is 158 cm³/mol. The van der Waals surface area contributed by atoms with Crippen molar-refractivity contribution in [3.8, 4) is 28.3 Å². The fourth-order valence-electron chi connectivity index (χ4n) is 4.59. The Hall–Kier alpha value is -3.36. The van der Waals surface area contributed by atoms with Gasteiger partial charge >= 0.3 is 5.51 Å².